The summed E-state index contributed by atoms with van der Waals surface area (Å²) in [6, 6.07) is 7.31. The number of alkyl halides is 1. The van der Waals surface area contributed by atoms with Gasteiger partial charge in [0.05, 0.1) is 5.69 Å². The number of halogens is 1. The molecule has 3 nitrogen and oxygen atoms in total. The Labute approximate surface area is 95.5 Å². The molecule has 0 fully saturated rings. The summed E-state index contributed by atoms with van der Waals surface area (Å²) in [6.07, 6.45) is 0. The lowest BCUT2D eigenvalue weighted by Gasteiger charge is -2.13. The highest BCUT2D eigenvalue weighted by molar-refractivity contribution is 7.93. The maximum absolute atomic E-state index is 11.3. The number of rotatable bonds is 4. The smallest absolute Gasteiger partial charge is 0.246 e. The van der Waals surface area contributed by atoms with Gasteiger partial charge >= 0.3 is 0 Å². The zero-order chi connectivity index (χ0) is 11.5. The van der Waals surface area contributed by atoms with Crippen LogP contribution >= 0.6 is 11.6 Å². The monoisotopic (exact) mass is 247 g/mol. The molecule has 0 saturated heterocycles. The fraction of sp³-hybridized carbons (Fsp3) is 0.400. The van der Waals surface area contributed by atoms with E-state index in [9.17, 15) is 8.42 Å². The van der Waals surface area contributed by atoms with Crippen LogP contribution in [0.25, 0.3) is 0 Å². The Bertz CT molecular complexity index is 429. The molecule has 0 saturated carbocycles. The molecule has 0 radical (unpaired) electrons. The highest BCUT2D eigenvalue weighted by atomic mass is 35.5. The lowest BCUT2D eigenvalue weighted by molar-refractivity contribution is 0.605. The van der Waals surface area contributed by atoms with E-state index in [4.69, 9.17) is 11.6 Å². The summed E-state index contributed by atoms with van der Waals surface area (Å²) in [4.78, 5) is 0. The Balaban J connectivity index is 3.05. The zero-order valence-corrected chi connectivity index (χ0v) is 10.3. The largest absolute Gasteiger partial charge is 0.282 e. The highest BCUT2D eigenvalue weighted by Gasteiger charge is 2.12. The number of anilines is 1. The van der Waals surface area contributed by atoms with Crippen LogP contribution in [-0.2, 0) is 10.0 Å². The Morgan fingerprint density at radius 2 is 1.93 bits per heavy atom. The summed E-state index contributed by atoms with van der Waals surface area (Å²) < 4.78 is 25.1. The Morgan fingerprint density at radius 1 is 1.33 bits per heavy atom. The number of benzene rings is 1. The van der Waals surface area contributed by atoms with Crippen molar-refractivity contribution in [2.24, 2.45) is 0 Å². The fourth-order valence-corrected chi connectivity index (χ4v) is 2.03. The van der Waals surface area contributed by atoms with E-state index in [0.29, 0.717) is 5.69 Å². The first-order chi connectivity index (χ1) is 6.96. The van der Waals surface area contributed by atoms with Crippen LogP contribution in [0.5, 0.6) is 0 Å². The van der Waals surface area contributed by atoms with Crippen LogP contribution in [0.3, 0.4) is 0 Å². The molecule has 0 unspecified atom stereocenters. The van der Waals surface area contributed by atoms with Crippen LogP contribution in [0, 0.1) is 0 Å². The molecular formula is C10H14ClNO2S. The van der Waals surface area contributed by atoms with Crippen molar-refractivity contribution in [1.82, 2.24) is 0 Å². The van der Waals surface area contributed by atoms with Crippen molar-refractivity contribution < 1.29 is 8.42 Å². The van der Waals surface area contributed by atoms with Crippen molar-refractivity contribution in [3.63, 3.8) is 0 Å². The van der Waals surface area contributed by atoms with E-state index in [2.05, 4.69) is 4.72 Å². The van der Waals surface area contributed by atoms with Gasteiger partial charge in [0.1, 0.15) is 5.21 Å². The molecule has 1 N–H and O–H groups in total. The quantitative estimate of drug-likeness (QED) is 0.832. The predicted octanol–water partition coefficient (Wildman–Crippen LogP) is 2.75. The molecule has 0 heterocycles. The third kappa shape index (κ3) is 3.39. The van der Waals surface area contributed by atoms with Gasteiger partial charge in [-0.2, -0.15) is 0 Å². The lowest BCUT2D eigenvalue weighted by atomic mass is 10.0. The second kappa shape index (κ2) is 4.86. The van der Waals surface area contributed by atoms with Gasteiger partial charge in [0.15, 0.2) is 0 Å². The maximum Gasteiger partial charge on any atom is 0.246 e. The Kier molecular flexibility index (Phi) is 3.99. The molecule has 0 aromatic heterocycles. The molecule has 0 aliphatic rings. The minimum absolute atomic E-state index is 0.263. The van der Waals surface area contributed by atoms with Gasteiger partial charge in [-0.25, -0.2) is 8.42 Å². The third-order valence-electron chi connectivity index (χ3n) is 1.99. The van der Waals surface area contributed by atoms with Gasteiger partial charge in [0, 0.05) is 0 Å². The summed E-state index contributed by atoms with van der Waals surface area (Å²) in [5.41, 5.74) is 1.57. The average molecular weight is 248 g/mol. The van der Waals surface area contributed by atoms with Gasteiger partial charge in [-0.05, 0) is 17.5 Å². The van der Waals surface area contributed by atoms with E-state index in [-0.39, 0.29) is 5.92 Å². The third-order valence-corrected chi connectivity index (χ3v) is 3.67. The van der Waals surface area contributed by atoms with Crippen LogP contribution in [0.15, 0.2) is 24.3 Å². The van der Waals surface area contributed by atoms with Crippen LogP contribution in [-0.4, -0.2) is 13.6 Å². The molecule has 0 amide bonds. The first-order valence-corrected chi connectivity index (χ1v) is 6.80. The van der Waals surface area contributed by atoms with E-state index < -0.39 is 15.2 Å². The number of hydrogen-bond donors (Lipinski definition) is 1. The molecule has 0 aliphatic heterocycles. The summed E-state index contributed by atoms with van der Waals surface area (Å²) in [5.74, 6) is 0.263. The summed E-state index contributed by atoms with van der Waals surface area (Å²) in [6.45, 7) is 4.02. The van der Waals surface area contributed by atoms with Gasteiger partial charge in [-0.15, -0.1) is 11.6 Å². The number of sulfonamides is 1. The minimum Gasteiger partial charge on any atom is -0.282 e. The predicted molar refractivity (Wildman–Crippen MR) is 63.8 cm³/mol. The SMILES string of the molecule is CC(C)c1ccccc1NS(=O)(=O)CCl. The molecule has 1 aromatic carbocycles. The summed E-state index contributed by atoms with van der Waals surface area (Å²) >= 11 is 5.32. The zero-order valence-electron chi connectivity index (χ0n) is 8.70. The normalized spacial score (nSPS) is 11.7. The van der Waals surface area contributed by atoms with Crippen LogP contribution < -0.4 is 4.72 Å². The van der Waals surface area contributed by atoms with Crippen LogP contribution in [0.2, 0.25) is 0 Å². The summed E-state index contributed by atoms with van der Waals surface area (Å²) in [5, 5.41) is -0.431. The van der Waals surface area contributed by atoms with Gasteiger partial charge in [-0.1, -0.05) is 32.0 Å². The highest BCUT2D eigenvalue weighted by Crippen LogP contribution is 2.24. The molecule has 0 spiro atoms. The molecule has 1 rings (SSSR count). The molecule has 15 heavy (non-hydrogen) atoms. The molecule has 0 atom stereocenters. The lowest BCUT2D eigenvalue weighted by Crippen LogP contribution is -2.14. The van der Waals surface area contributed by atoms with Gasteiger partial charge < -0.3 is 0 Å². The van der Waals surface area contributed by atoms with Gasteiger partial charge in [0.2, 0.25) is 10.0 Å². The molecule has 1 aromatic rings. The topological polar surface area (TPSA) is 46.2 Å². The number of hydrogen-bond acceptors (Lipinski definition) is 2. The first kappa shape index (κ1) is 12.3. The molecule has 84 valence electrons. The van der Waals surface area contributed by atoms with Crippen molar-refractivity contribution in [1.29, 1.82) is 0 Å². The fourth-order valence-electron chi connectivity index (χ4n) is 1.29. The van der Waals surface area contributed by atoms with Crippen molar-refractivity contribution in [3.8, 4) is 0 Å². The van der Waals surface area contributed by atoms with E-state index in [1.807, 2.05) is 26.0 Å². The standard InChI is InChI=1S/C10H14ClNO2S/c1-8(2)9-5-3-4-6-10(9)12-15(13,14)7-11/h3-6,8,12H,7H2,1-2H3. The summed E-state index contributed by atoms with van der Waals surface area (Å²) in [7, 11) is -3.41. The van der Waals surface area contributed by atoms with E-state index in [1.54, 1.807) is 12.1 Å². The second-order valence-electron chi connectivity index (χ2n) is 3.57. The Morgan fingerprint density at radius 3 is 2.47 bits per heavy atom. The molecule has 0 bridgehead atoms. The van der Waals surface area contributed by atoms with Crippen molar-refractivity contribution in [3.05, 3.63) is 29.8 Å². The van der Waals surface area contributed by atoms with Crippen molar-refractivity contribution in [2.75, 3.05) is 9.93 Å². The van der Waals surface area contributed by atoms with E-state index in [0.717, 1.165) is 5.56 Å². The number of para-hydroxylation sites is 1. The molecular weight excluding hydrogens is 234 g/mol. The minimum atomic E-state index is -3.41. The Hall–Kier alpha value is -0.740. The maximum atomic E-state index is 11.3. The van der Waals surface area contributed by atoms with E-state index >= 15 is 0 Å². The van der Waals surface area contributed by atoms with Crippen LogP contribution in [0.1, 0.15) is 25.3 Å². The van der Waals surface area contributed by atoms with Crippen LogP contribution in [0.4, 0.5) is 5.69 Å². The molecule has 5 heteroatoms. The van der Waals surface area contributed by atoms with Crippen molar-refractivity contribution >= 4 is 27.3 Å². The van der Waals surface area contributed by atoms with Gasteiger partial charge in [0.25, 0.3) is 0 Å². The molecule has 0 aliphatic carbocycles. The average Bonchev–Trinajstić information content (AvgIpc) is 2.18. The van der Waals surface area contributed by atoms with Gasteiger partial charge in [-0.3, -0.25) is 4.72 Å². The first-order valence-electron chi connectivity index (χ1n) is 4.61. The van der Waals surface area contributed by atoms with Crippen molar-refractivity contribution in [2.45, 2.75) is 19.8 Å². The second-order valence-corrected chi connectivity index (χ2v) is 5.87. The number of nitrogens with one attached hydrogen (secondary N) is 1. The van der Waals surface area contributed by atoms with E-state index in [1.165, 1.54) is 0 Å².